The van der Waals surface area contributed by atoms with Gasteiger partial charge >= 0.3 is 4.87 Å². The first-order valence-corrected chi connectivity index (χ1v) is 7.97. The Kier molecular flexibility index (Phi) is 4.57. The standard InChI is InChI=1S/C16H13FN4O3S/c1-8-6-10(9-4-3-5-12(24-2)13(9)17)11(7-18-8)14(22)19-15-20-21-16(23)25-15/h3-7H,1-2H3,(H,21,23)(H,19,20,22). The van der Waals surface area contributed by atoms with Gasteiger partial charge in [0.25, 0.3) is 5.91 Å². The average Bonchev–Trinajstić information content (AvgIpc) is 2.99. The fourth-order valence-electron chi connectivity index (χ4n) is 2.29. The molecule has 0 aliphatic heterocycles. The lowest BCUT2D eigenvalue weighted by Crippen LogP contribution is -2.14. The molecule has 2 aromatic heterocycles. The highest BCUT2D eigenvalue weighted by Gasteiger charge is 2.19. The van der Waals surface area contributed by atoms with Crippen LogP contribution in [0.2, 0.25) is 0 Å². The van der Waals surface area contributed by atoms with Gasteiger partial charge < -0.3 is 4.74 Å². The van der Waals surface area contributed by atoms with Crippen molar-refractivity contribution >= 4 is 22.4 Å². The normalized spacial score (nSPS) is 10.5. The van der Waals surface area contributed by atoms with Crippen LogP contribution < -0.4 is 14.9 Å². The van der Waals surface area contributed by atoms with Gasteiger partial charge in [0.1, 0.15) is 0 Å². The summed E-state index contributed by atoms with van der Waals surface area (Å²) in [6.45, 7) is 1.74. The second-order valence-electron chi connectivity index (χ2n) is 5.07. The van der Waals surface area contributed by atoms with Crippen molar-refractivity contribution in [3.63, 3.8) is 0 Å². The van der Waals surface area contributed by atoms with E-state index in [1.54, 1.807) is 25.1 Å². The fourth-order valence-corrected chi connectivity index (χ4v) is 2.79. The molecule has 9 heteroatoms. The summed E-state index contributed by atoms with van der Waals surface area (Å²) in [5.74, 6) is -1.05. The third-order valence-electron chi connectivity index (χ3n) is 3.42. The SMILES string of the molecule is COc1cccc(-c2cc(C)ncc2C(=O)Nc2n[nH]c(=O)s2)c1F. The van der Waals surface area contributed by atoms with Crippen molar-refractivity contribution in [2.45, 2.75) is 6.92 Å². The van der Waals surface area contributed by atoms with E-state index in [1.807, 2.05) is 0 Å². The first-order chi connectivity index (χ1) is 12.0. The van der Waals surface area contributed by atoms with Crippen LogP contribution in [-0.2, 0) is 0 Å². The Morgan fingerprint density at radius 3 is 2.84 bits per heavy atom. The Bertz CT molecular complexity index is 999. The summed E-state index contributed by atoms with van der Waals surface area (Å²) in [6, 6.07) is 6.29. The largest absolute Gasteiger partial charge is 0.494 e. The van der Waals surface area contributed by atoms with Gasteiger partial charge in [-0.25, -0.2) is 9.49 Å². The number of pyridine rings is 1. The lowest BCUT2D eigenvalue weighted by atomic mass is 9.99. The number of nitrogens with one attached hydrogen (secondary N) is 2. The van der Waals surface area contributed by atoms with E-state index < -0.39 is 16.6 Å². The topological polar surface area (TPSA) is 97.0 Å². The van der Waals surface area contributed by atoms with E-state index in [2.05, 4.69) is 20.5 Å². The van der Waals surface area contributed by atoms with Crippen LogP contribution in [0.5, 0.6) is 5.75 Å². The van der Waals surface area contributed by atoms with Crippen LogP contribution in [0.3, 0.4) is 0 Å². The minimum absolute atomic E-state index is 0.0730. The van der Waals surface area contributed by atoms with Gasteiger partial charge in [-0.1, -0.05) is 12.1 Å². The quantitative estimate of drug-likeness (QED) is 0.745. The van der Waals surface area contributed by atoms with Gasteiger partial charge in [-0.3, -0.25) is 19.9 Å². The summed E-state index contributed by atoms with van der Waals surface area (Å²) < 4.78 is 19.6. The summed E-state index contributed by atoms with van der Waals surface area (Å²) in [5, 5.41) is 8.51. The molecular weight excluding hydrogens is 347 g/mol. The number of methoxy groups -OCH3 is 1. The molecule has 128 valence electrons. The number of carbonyl (C=O) groups is 1. The number of nitrogens with zero attached hydrogens (tertiary/aromatic N) is 2. The number of ether oxygens (including phenoxy) is 1. The van der Waals surface area contributed by atoms with Gasteiger partial charge in [0.15, 0.2) is 11.6 Å². The number of aryl methyl sites for hydroxylation is 1. The van der Waals surface area contributed by atoms with E-state index >= 15 is 0 Å². The molecular formula is C16H13FN4O3S. The zero-order valence-corrected chi connectivity index (χ0v) is 14.1. The maximum atomic E-state index is 14.6. The van der Waals surface area contributed by atoms with Gasteiger partial charge in [-0.05, 0) is 30.4 Å². The van der Waals surface area contributed by atoms with Crippen LogP contribution in [-0.4, -0.2) is 28.2 Å². The van der Waals surface area contributed by atoms with Crippen molar-refractivity contribution in [1.29, 1.82) is 0 Å². The van der Waals surface area contributed by atoms with Crippen LogP contribution in [0.1, 0.15) is 16.1 Å². The van der Waals surface area contributed by atoms with E-state index in [0.29, 0.717) is 11.3 Å². The van der Waals surface area contributed by atoms with Crippen LogP contribution in [0.25, 0.3) is 11.1 Å². The molecule has 0 spiro atoms. The number of hydrogen-bond donors (Lipinski definition) is 2. The van der Waals surface area contributed by atoms with Crippen molar-refractivity contribution in [2.75, 3.05) is 12.4 Å². The number of aromatic nitrogens is 3. The predicted molar refractivity (Wildman–Crippen MR) is 91.6 cm³/mol. The Balaban J connectivity index is 2.07. The highest BCUT2D eigenvalue weighted by Crippen LogP contribution is 2.31. The van der Waals surface area contributed by atoms with E-state index in [-0.39, 0.29) is 22.0 Å². The van der Waals surface area contributed by atoms with Crippen molar-refractivity contribution < 1.29 is 13.9 Å². The molecule has 0 atom stereocenters. The summed E-state index contributed by atoms with van der Waals surface area (Å²) in [6.07, 6.45) is 1.36. The number of rotatable bonds is 4. The molecule has 0 saturated carbocycles. The van der Waals surface area contributed by atoms with E-state index in [9.17, 15) is 14.0 Å². The average molecular weight is 360 g/mol. The second kappa shape index (κ2) is 6.81. The Labute approximate surface area is 145 Å². The molecule has 7 nitrogen and oxygen atoms in total. The lowest BCUT2D eigenvalue weighted by molar-refractivity contribution is 0.102. The zero-order chi connectivity index (χ0) is 18.0. The zero-order valence-electron chi connectivity index (χ0n) is 13.3. The summed E-state index contributed by atoms with van der Waals surface area (Å²) in [5.41, 5.74) is 1.35. The molecule has 3 rings (SSSR count). The third kappa shape index (κ3) is 3.41. The smallest absolute Gasteiger partial charge is 0.324 e. The number of amides is 1. The monoisotopic (exact) mass is 360 g/mol. The molecule has 0 radical (unpaired) electrons. The molecule has 1 amide bonds. The number of benzene rings is 1. The van der Waals surface area contributed by atoms with E-state index in [4.69, 9.17) is 4.74 Å². The van der Waals surface area contributed by atoms with Crippen LogP contribution in [0.4, 0.5) is 9.52 Å². The second-order valence-corrected chi connectivity index (χ2v) is 6.03. The number of halogens is 1. The maximum Gasteiger partial charge on any atom is 0.324 e. The minimum Gasteiger partial charge on any atom is -0.494 e. The van der Waals surface area contributed by atoms with Gasteiger partial charge in [0.2, 0.25) is 5.13 Å². The molecule has 2 N–H and O–H groups in total. The molecule has 0 aliphatic carbocycles. The summed E-state index contributed by atoms with van der Waals surface area (Å²) >= 11 is 0.756. The number of aromatic amines is 1. The van der Waals surface area contributed by atoms with Crippen molar-refractivity contribution in [3.8, 4) is 16.9 Å². The molecule has 0 fully saturated rings. The molecule has 0 unspecified atom stereocenters. The number of hydrogen-bond acceptors (Lipinski definition) is 6. The molecule has 25 heavy (non-hydrogen) atoms. The van der Waals surface area contributed by atoms with Crippen molar-refractivity contribution in [1.82, 2.24) is 15.2 Å². The first kappa shape index (κ1) is 16.8. The highest BCUT2D eigenvalue weighted by atomic mass is 32.1. The Morgan fingerprint density at radius 2 is 2.16 bits per heavy atom. The Morgan fingerprint density at radius 1 is 1.36 bits per heavy atom. The Hall–Kier alpha value is -3.07. The van der Waals surface area contributed by atoms with Crippen LogP contribution in [0.15, 0.2) is 35.3 Å². The first-order valence-electron chi connectivity index (χ1n) is 7.16. The van der Waals surface area contributed by atoms with Crippen molar-refractivity contribution in [3.05, 3.63) is 57.2 Å². The molecule has 0 saturated heterocycles. The van der Waals surface area contributed by atoms with E-state index in [0.717, 1.165) is 11.3 Å². The van der Waals surface area contributed by atoms with Gasteiger partial charge in [-0.2, -0.15) is 0 Å². The van der Waals surface area contributed by atoms with E-state index in [1.165, 1.54) is 19.4 Å². The van der Waals surface area contributed by atoms with Crippen molar-refractivity contribution in [2.24, 2.45) is 0 Å². The summed E-state index contributed by atoms with van der Waals surface area (Å²) in [7, 11) is 1.37. The molecule has 2 heterocycles. The molecule has 1 aromatic carbocycles. The molecule has 0 aliphatic rings. The van der Waals surface area contributed by atoms with Gasteiger partial charge in [0.05, 0.1) is 12.7 Å². The van der Waals surface area contributed by atoms with Crippen LogP contribution >= 0.6 is 11.3 Å². The molecule has 3 aromatic rings. The fraction of sp³-hybridized carbons (Fsp3) is 0.125. The minimum atomic E-state index is -0.575. The van der Waals surface area contributed by atoms with Crippen LogP contribution in [0, 0.1) is 12.7 Å². The number of H-pyrrole nitrogens is 1. The summed E-state index contributed by atoms with van der Waals surface area (Å²) in [4.78, 5) is 27.4. The number of anilines is 1. The maximum absolute atomic E-state index is 14.6. The molecule has 0 bridgehead atoms. The third-order valence-corrected chi connectivity index (χ3v) is 4.08. The van der Waals surface area contributed by atoms with Gasteiger partial charge in [0, 0.05) is 23.0 Å². The van der Waals surface area contributed by atoms with Gasteiger partial charge in [-0.15, -0.1) is 5.10 Å². The highest BCUT2D eigenvalue weighted by molar-refractivity contribution is 7.13. The number of carbonyl (C=O) groups excluding carboxylic acids is 1. The predicted octanol–water partition coefficient (Wildman–Crippen LogP) is 2.60. The lowest BCUT2D eigenvalue weighted by Gasteiger charge is -2.12.